The van der Waals surface area contributed by atoms with Crippen LogP contribution in [0.15, 0.2) is 42.5 Å². The van der Waals surface area contributed by atoms with Crippen LogP contribution in [0.4, 0.5) is 0 Å². The van der Waals surface area contributed by atoms with E-state index in [1.807, 2.05) is 12.1 Å². The van der Waals surface area contributed by atoms with Gasteiger partial charge in [-0.3, -0.25) is 0 Å². The molecule has 0 atom stereocenters. The van der Waals surface area contributed by atoms with Gasteiger partial charge in [0.05, 0.1) is 7.11 Å². The molecule has 0 amide bonds. The Labute approximate surface area is 136 Å². The van der Waals surface area contributed by atoms with Gasteiger partial charge in [0.25, 0.3) is 0 Å². The third kappa shape index (κ3) is 4.74. The van der Waals surface area contributed by atoms with E-state index in [-0.39, 0.29) is 11.3 Å². The van der Waals surface area contributed by atoms with Crippen LogP contribution in [0.5, 0.6) is 11.5 Å². The van der Waals surface area contributed by atoms with Gasteiger partial charge >= 0.3 is 5.97 Å². The van der Waals surface area contributed by atoms with Gasteiger partial charge in [-0.25, -0.2) is 4.79 Å². The summed E-state index contributed by atoms with van der Waals surface area (Å²) in [5.74, 6) is -0.372. The van der Waals surface area contributed by atoms with Crippen molar-refractivity contribution in [3.05, 3.63) is 59.2 Å². The zero-order chi connectivity index (χ0) is 16.7. The van der Waals surface area contributed by atoms with Crippen molar-refractivity contribution in [2.45, 2.75) is 32.1 Å². The van der Waals surface area contributed by atoms with Crippen molar-refractivity contribution in [2.75, 3.05) is 7.11 Å². The van der Waals surface area contributed by atoms with E-state index in [0.717, 1.165) is 31.4 Å². The smallest absolute Gasteiger partial charge is 0.339 e. The predicted molar refractivity (Wildman–Crippen MR) is 89.3 cm³/mol. The van der Waals surface area contributed by atoms with Gasteiger partial charge in [0.1, 0.15) is 17.1 Å². The molecule has 0 bridgehead atoms. The molecule has 4 heteroatoms. The van der Waals surface area contributed by atoms with Crippen LogP contribution in [0.3, 0.4) is 0 Å². The molecule has 0 aliphatic rings. The largest absolute Gasteiger partial charge is 0.507 e. The van der Waals surface area contributed by atoms with Gasteiger partial charge < -0.3 is 14.9 Å². The number of aromatic carboxylic acids is 1. The lowest BCUT2D eigenvalue weighted by Gasteiger charge is -2.08. The Balaban J connectivity index is 1.79. The molecule has 23 heavy (non-hydrogen) atoms. The number of benzene rings is 2. The van der Waals surface area contributed by atoms with Gasteiger partial charge in [0.15, 0.2) is 0 Å². The molecule has 2 N–H and O–H groups in total. The first-order chi connectivity index (χ1) is 11.1. The third-order valence-corrected chi connectivity index (χ3v) is 3.91. The maximum Gasteiger partial charge on any atom is 0.339 e. The molecule has 0 heterocycles. The van der Waals surface area contributed by atoms with Gasteiger partial charge in [-0.2, -0.15) is 0 Å². The number of carbonyl (C=O) groups is 1. The van der Waals surface area contributed by atoms with Crippen LogP contribution in [0.2, 0.25) is 0 Å². The molecule has 2 rings (SSSR count). The number of hydrogen-bond acceptors (Lipinski definition) is 3. The molecule has 4 nitrogen and oxygen atoms in total. The van der Waals surface area contributed by atoms with E-state index in [1.54, 1.807) is 19.2 Å². The van der Waals surface area contributed by atoms with Crippen molar-refractivity contribution in [1.29, 1.82) is 0 Å². The van der Waals surface area contributed by atoms with E-state index < -0.39 is 5.97 Å². The molecule has 0 aromatic heterocycles. The minimum absolute atomic E-state index is 0.0302. The highest BCUT2D eigenvalue weighted by Gasteiger charge is 2.14. The van der Waals surface area contributed by atoms with Gasteiger partial charge in [-0.05, 0) is 55.0 Å². The molecule has 2 aromatic rings. The molecule has 2 aromatic carbocycles. The van der Waals surface area contributed by atoms with Crippen molar-refractivity contribution >= 4 is 5.97 Å². The van der Waals surface area contributed by atoms with Gasteiger partial charge in [-0.15, -0.1) is 0 Å². The second-order valence-electron chi connectivity index (χ2n) is 5.53. The molecule has 0 aliphatic carbocycles. The standard InChI is InChI=1S/C19H22O4/c1-23-16-12-10-14(11-13-16)6-3-2-4-7-15-8-5-9-17(20)18(15)19(21)22/h5,8-13,20H,2-4,6-7H2,1H3,(H,21,22). The number of aryl methyl sites for hydroxylation is 2. The number of aromatic hydroxyl groups is 1. The molecular formula is C19H22O4. The van der Waals surface area contributed by atoms with Crippen molar-refractivity contribution in [3.8, 4) is 11.5 Å². The lowest BCUT2D eigenvalue weighted by molar-refractivity contribution is 0.0692. The second-order valence-corrected chi connectivity index (χ2v) is 5.53. The van der Waals surface area contributed by atoms with E-state index in [2.05, 4.69) is 12.1 Å². The molecule has 0 radical (unpaired) electrons. The average Bonchev–Trinajstić information content (AvgIpc) is 2.54. The Morgan fingerprint density at radius 2 is 1.70 bits per heavy atom. The van der Waals surface area contributed by atoms with Crippen LogP contribution in [-0.4, -0.2) is 23.3 Å². The number of carboxylic acid groups (broad SMARTS) is 1. The van der Waals surface area contributed by atoms with Crippen LogP contribution in [0.25, 0.3) is 0 Å². The van der Waals surface area contributed by atoms with E-state index >= 15 is 0 Å². The monoisotopic (exact) mass is 314 g/mol. The number of phenols is 1. The fourth-order valence-corrected chi connectivity index (χ4v) is 2.66. The van der Waals surface area contributed by atoms with E-state index in [1.165, 1.54) is 11.6 Å². The predicted octanol–water partition coefficient (Wildman–Crippen LogP) is 4.05. The van der Waals surface area contributed by atoms with Crippen molar-refractivity contribution in [1.82, 2.24) is 0 Å². The normalized spacial score (nSPS) is 10.5. The second kappa shape index (κ2) is 8.22. The summed E-state index contributed by atoms with van der Waals surface area (Å²) in [4.78, 5) is 11.2. The SMILES string of the molecule is COc1ccc(CCCCCc2cccc(O)c2C(=O)O)cc1. The highest BCUT2D eigenvalue weighted by atomic mass is 16.5. The Bertz CT molecular complexity index is 647. The number of methoxy groups -OCH3 is 1. The number of carboxylic acids is 1. The maximum absolute atomic E-state index is 11.2. The van der Waals surface area contributed by atoms with Gasteiger partial charge in [0, 0.05) is 0 Å². The van der Waals surface area contributed by atoms with Crippen LogP contribution < -0.4 is 4.74 Å². The quantitative estimate of drug-likeness (QED) is 0.721. The van der Waals surface area contributed by atoms with Crippen molar-refractivity contribution < 1.29 is 19.7 Å². The minimum atomic E-state index is -1.07. The van der Waals surface area contributed by atoms with Crippen LogP contribution >= 0.6 is 0 Å². The first-order valence-electron chi connectivity index (χ1n) is 7.79. The average molecular weight is 314 g/mol. The molecule has 0 saturated heterocycles. The minimum Gasteiger partial charge on any atom is -0.507 e. The zero-order valence-corrected chi connectivity index (χ0v) is 13.3. The Morgan fingerprint density at radius 3 is 2.35 bits per heavy atom. The van der Waals surface area contributed by atoms with E-state index in [4.69, 9.17) is 4.74 Å². The van der Waals surface area contributed by atoms with Crippen molar-refractivity contribution in [3.63, 3.8) is 0 Å². The Morgan fingerprint density at radius 1 is 1.00 bits per heavy atom. The number of hydrogen-bond donors (Lipinski definition) is 2. The maximum atomic E-state index is 11.2. The highest BCUT2D eigenvalue weighted by molar-refractivity contribution is 5.92. The fraction of sp³-hybridized carbons (Fsp3) is 0.316. The van der Waals surface area contributed by atoms with Crippen LogP contribution in [0.1, 0.15) is 40.7 Å². The lowest BCUT2D eigenvalue weighted by Crippen LogP contribution is -2.03. The first-order valence-corrected chi connectivity index (χ1v) is 7.79. The van der Waals surface area contributed by atoms with Crippen LogP contribution in [0, 0.1) is 0 Å². The first kappa shape index (κ1) is 16.9. The van der Waals surface area contributed by atoms with Gasteiger partial charge in [0.2, 0.25) is 0 Å². The summed E-state index contributed by atoms with van der Waals surface area (Å²) < 4.78 is 5.13. The highest BCUT2D eigenvalue weighted by Crippen LogP contribution is 2.23. The molecule has 0 fully saturated rings. The summed E-state index contributed by atoms with van der Waals surface area (Å²) in [7, 11) is 1.65. The lowest BCUT2D eigenvalue weighted by atomic mass is 9.99. The third-order valence-electron chi connectivity index (χ3n) is 3.91. The summed E-state index contributed by atoms with van der Waals surface area (Å²) in [6, 6.07) is 12.9. The molecule has 0 saturated carbocycles. The summed E-state index contributed by atoms with van der Waals surface area (Å²) in [5.41, 5.74) is 2.00. The summed E-state index contributed by atoms with van der Waals surface area (Å²) >= 11 is 0. The number of rotatable bonds is 8. The summed E-state index contributed by atoms with van der Waals surface area (Å²) in [6.07, 6.45) is 4.63. The topological polar surface area (TPSA) is 66.8 Å². The van der Waals surface area contributed by atoms with Gasteiger partial charge in [-0.1, -0.05) is 30.7 Å². The van der Waals surface area contributed by atoms with E-state index in [9.17, 15) is 15.0 Å². The Kier molecular flexibility index (Phi) is 6.03. The van der Waals surface area contributed by atoms with Crippen LogP contribution in [-0.2, 0) is 12.8 Å². The molecule has 0 unspecified atom stereocenters. The fourth-order valence-electron chi connectivity index (χ4n) is 2.66. The summed E-state index contributed by atoms with van der Waals surface area (Å²) in [5, 5.41) is 18.8. The molecule has 0 spiro atoms. The molecule has 0 aliphatic heterocycles. The van der Waals surface area contributed by atoms with Crippen molar-refractivity contribution in [2.24, 2.45) is 0 Å². The zero-order valence-electron chi connectivity index (χ0n) is 13.3. The summed E-state index contributed by atoms with van der Waals surface area (Å²) in [6.45, 7) is 0. The molecule has 122 valence electrons. The number of ether oxygens (including phenoxy) is 1. The molecular weight excluding hydrogens is 292 g/mol. The Hall–Kier alpha value is -2.49. The van der Waals surface area contributed by atoms with E-state index in [0.29, 0.717) is 12.0 Å². The number of unbranched alkanes of at least 4 members (excludes halogenated alkanes) is 2.